The van der Waals surface area contributed by atoms with Crippen LogP contribution in [-0.4, -0.2) is 19.4 Å². The van der Waals surface area contributed by atoms with Gasteiger partial charge in [0.25, 0.3) is 0 Å². The third kappa shape index (κ3) is 1.73. The smallest absolute Gasteiger partial charge is 0.309 e. The Morgan fingerprint density at radius 3 is 2.94 bits per heavy atom. The average molecular weight is 218 g/mol. The predicted molar refractivity (Wildman–Crippen MR) is 59.1 cm³/mol. The van der Waals surface area contributed by atoms with Gasteiger partial charge < -0.3 is 9.53 Å². The second-order valence-corrected chi connectivity index (χ2v) is 4.04. The number of fused-ring (bicyclic) bond motifs is 1. The standard InChI is InChI=1S/C13H14O3/c1-16-13(15)12-8-9-4-2-3-5-10(9)11(12)6-7-14/h2-5,7,11-12H,6,8H2,1H3/t11-,12+/m1/s1. The lowest BCUT2D eigenvalue weighted by atomic mass is 9.90. The van der Waals surface area contributed by atoms with Crippen molar-refractivity contribution in [2.45, 2.75) is 18.8 Å². The van der Waals surface area contributed by atoms with Gasteiger partial charge in [0.1, 0.15) is 6.29 Å². The lowest BCUT2D eigenvalue weighted by Crippen LogP contribution is -2.20. The summed E-state index contributed by atoms with van der Waals surface area (Å²) in [4.78, 5) is 22.3. The molecule has 84 valence electrons. The zero-order chi connectivity index (χ0) is 11.5. The Morgan fingerprint density at radius 1 is 1.50 bits per heavy atom. The Morgan fingerprint density at radius 2 is 2.25 bits per heavy atom. The van der Waals surface area contributed by atoms with Gasteiger partial charge in [0.05, 0.1) is 13.0 Å². The van der Waals surface area contributed by atoms with E-state index in [1.165, 1.54) is 7.11 Å². The van der Waals surface area contributed by atoms with Crippen LogP contribution in [0.5, 0.6) is 0 Å². The van der Waals surface area contributed by atoms with E-state index >= 15 is 0 Å². The van der Waals surface area contributed by atoms with E-state index in [4.69, 9.17) is 4.74 Å². The van der Waals surface area contributed by atoms with Crippen molar-refractivity contribution in [3.05, 3.63) is 35.4 Å². The first-order chi connectivity index (χ1) is 7.77. The van der Waals surface area contributed by atoms with Gasteiger partial charge in [-0.2, -0.15) is 0 Å². The number of esters is 1. The molecule has 1 aromatic carbocycles. The van der Waals surface area contributed by atoms with Crippen LogP contribution >= 0.6 is 0 Å². The molecule has 0 heterocycles. The first-order valence-corrected chi connectivity index (χ1v) is 5.37. The first-order valence-electron chi connectivity index (χ1n) is 5.37. The molecule has 0 N–H and O–H groups in total. The van der Waals surface area contributed by atoms with E-state index in [1.807, 2.05) is 24.3 Å². The van der Waals surface area contributed by atoms with Crippen molar-refractivity contribution in [3.8, 4) is 0 Å². The third-order valence-electron chi connectivity index (χ3n) is 3.23. The van der Waals surface area contributed by atoms with Crippen LogP contribution in [0.2, 0.25) is 0 Å². The molecule has 16 heavy (non-hydrogen) atoms. The van der Waals surface area contributed by atoms with Crippen molar-refractivity contribution in [2.75, 3.05) is 7.11 Å². The lowest BCUT2D eigenvalue weighted by Gasteiger charge is -2.15. The minimum Gasteiger partial charge on any atom is -0.469 e. The Labute approximate surface area is 94.4 Å². The summed E-state index contributed by atoms with van der Waals surface area (Å²) in [5.41, 5.74) is 2.27. The summed E-state index contributed by atoms with van der Waals surface area (Å²) in [5.74, 6) is -0.434. The number of methoxy groups -OCH3 is 1. The fraction of sp³-hybridized carbons (Fsp3) is 0.385. The quantitative estimate of drug-likeness (QED) is 0.573. The zero-order valence-corrected chi connectivity index (χ0v) is 9.18. The van der Waals surface area contributed by atoms with Gasteiger partial charge in [-0.3, -0.25) is 4.79 Å². The number of hydrogen-bond acceptors (Lipinski definition) is 3. The number of ether oxygens (including phenoxy) is 1. The van der Waals surface area contributed by atoms with E-state index in [2.05, 4.69) is 0 Å². The molecule has 1 aromatic rings. The molecule has 3 heteroatoms. The monoisotopic (exact) mass is 218 g/mol. The molecule has 0 unspecified atom stereocenters. The maximum absolute atomic E-state index is 11.6. The van der Waals surface area contributed by atoms with Crippen molar-refractivity contribution in [1.82, 2.24) is 0 Å². The highest BCUT2D eigenvalue weighted by Crippen LogP contribution is 2.40. The average Bonchev–Trinajstić information content (AvgIpc) is 2.68. The van der Waals surface area contributed by atoms with Gasteiger partial charge in [-0.15, -0.1) is 0 Å². The van der Waals surface area contributed by atoms with Gasteiger partial charge in [-0.25, -0.2) is 0 Å². The number of carbonyl (C=O) groups is 2. The molecular weight excluding hydrogens is 204 g/mol. The molecule has 3 nitrogen and oxygen atoms in total. The Balaban J connectivity index is 2.33. The summed E-state index contributed by atoms with van der Waals surface area (Å²) in [6, 6.07) is 7.90. The summed E-state index contributed by atoms with van der Waals surface area (Å²) in [5, 5.41) is 0. The summed E-state index contributed by atoms with van der Waals surface area (Å²) in [7, 11) is 1.39. The summed E-state index contributed by atoms with van der Waals surface area (Å²) >= 11 is 0. The largest absolute Gasteiger partial charge is 0.469 e. The SMILES string of the molecule is COC(=O)[C@H]1Cc2ccccc2[C@H]1CC=O. The predicted octanol–water partition coefficient (Wildman–Crippen LogP) is 1.70. The van der Waals surface area contributed by atoms with Crippen LogP contribution < -0.4 is 0 Å². The number of carbonyl (C=O) groups excluding carboxylic acids is 2. The molecule has 0 fully saturated rings. The number of benzene rings is 1. The molecule has 0 spiro atoms. The third-order valence-corrected chi connectivity index (χ3v) is 3.23. The first kappa shape index (κ1) is 10.9. The van der Waals surface area contributed by atoms with Gasteiger partial charge in [-0.05, 0) is 17.5 Å². The van der Waals surface area contributed by atoms with Crippen molar-refractivity contribution < 1.29 is 14.3 Å². The highest BCUT2D eigenvalue weighted by Gasteiger charge is 2.37. The molecule has 1 aliphatic carbocycles. The van der Waals surface area contributed by atoms with Crippen LogP contribution in [0.3, 0.4) is 0 Å². The molecule has 0 saturated heterocycles. The van der Waals surface area contributed by atoms with Crippen LogP contribution in [0.1, 0.15) is 23.5 Å². The second kappa shape index (κ2) is 4.47. The van der Waals surface area contributed by atoms with Crippen molar-refractivity contribution >= 4 is 12.3 Å². The highest BCUT2D eigenvalue weighted by atomic mass is 16.5. The van der Waals surface area contributed by atoms with E-state index < -0.39 is 0 Å². The van der Waals surface area contributed by atoms with Crippen molar-refractivity contribution in [1.29, 1.82) is 0 Å². The molecule has 0 radical (unpaired) electrons. The van der Waals surface area contributed by atoms with Gasteiger partial charge in [0.2, 0.25) is 0 Å². The molecule has 1 aliphatic rings. The van der Waals surface area contributed by atoms with Gasteiger partial charge >= 0.3 is 5.97 Å². The van der Waals surface area contributed by atoms with Crippen molar-refractivity contribution in [2.24, 2.45) is 5.92 Å². The molecule has 0 amide bonds. The molecule has 2 rings (SSSR count). The topological polar surface area (TPSA) is 43.4 Å². The summed E-state index contributed by atoms with van der Waals surface area (Å²) in [6.45, 7) is 0. The van der Waals surface area contributed by atoms with E-state index in [9.17, 15) is 9.59 Å². The molecule has 0 aromatic heterocycles. The zero-order valence-electron chi connectivity index (χ0n) is 9.18. The minimum atomic E-state index is -0.219. The van der Waals surface area contributed by atoms with Crippen LogP contribution in [0.25, 0.3) is 0 Å². The summed E-state index contributed by atoms with van der Waals surface area (Å²) in [6.07, 6.45) is 1.95. The normalized spacial score (nSPS) is 22.6. The van der Waals surface area contributed by atoms with E-state index in [0.717, 1.165) is 17.4 Å². The van der Waals surface area contributed by atoms with Crippen LogP contribution in [0.15, 0.2) is 24.3 Å². The number of aldehydes is 1. The summed E-state index contributed by atoms with van der Waals surface area (Å²) < 4.78 is 4.79. The van der Waals surface area contributed by atoms with Gasteiger partial charge in [0, 0.05) is 12.3 Å². The van der Waals surface area contributed by atoms with E-state index in [1.54, 1.807) is 0 Å². The second-order valence-electron chi connectivity index (χ2n) is 4.04. The maximum atomic E-state index is 11.6. The number of hydrogen-bond donors (Lipinski definition) is 0. The van der Waals surface area contributed by atoms with Crippen LogP contribution in [0.4, 0.5) is 0 Å². The minimum absolute atomic E-state index is 0.0128. The lowest BCUT2D eigenvalue weighted by molar-refractivity contribution is -0.145. The molecular formula is C13H14O3. The maximum Gasteiger partial charge on any atom is 0.309 e. The number of rotatable bonds is 3. The fourth-order valence-electron chi connectivity index (χ4n) is 2.47. The molecule has 0 saturated carbocycles. The van der Waals surface area contributed by atoms with E-state index in [0.29, 0.717) is 12.8 Å². The molecule has 0 bridgehead atoms. The fourth-order valence-corrected chi connectivity index (χ4v) is 2.47. The van der Waals surface area contributed by atoms with Crippen LogP contribution in [0, 0.1) is 5.92 Å². The van der Waals surface area contributed by atoms with Gasteiger partial charge in [0.15, 0.2) is 0 Å². The van der Waals surface area contributed by atoms with Crippen molar-refractivity contribution in [3.63, 3.8) is 0 Å². The molecule has 2 atom stereocenters. The Bertz CT molecular complexity index is 411. The Kier molecular flexibility index (Phi) is 3.04. The highest BCUT2D eigenvalue weighted by molar-refractivity contribution is 5.76. The van der Waals surface area contributed by atoms with Gasteiger partial charge in [-0.1, -0.05) is 24.3 Å². The van der Waals surface area contributed by atoms with E-state index in [-0.39, 0.29) is 17.8 Å². The molecule has 0 aliphatic heterocycles. The Hall–Kier alpha value is -1.64. The van der Waals surface area contributed by atoms with Crippen LogP contribution in [-0.2, 0) is 20.7 Å².